The number of likely N-dealkylation sites (N-methyl/N-ethyl adjacent to an activating group) is 1. The van der Waals surface area contributed by atoms with Crippen LogP contribution in [-0.4, -0.2) is 73.7 Å². The molecule has 1 aliphatic carbocycles. The second-order valence-corrected chi connectivity index (χ2v) is 7.23. The van der Waals surface area contributed by atoms with Gasteiger partial charge in [0.25, 0.3) is 0 Å². The number of nitrogens with zero attached hydrogens (tertiary/aromatic N) is 3. The second-order valence-electron chi connectivity index (χ2n) is 7.23. The fraction of sp³-hybridized carbons (Fsp3) is 0.944. The van der Waals surface area contributed by atoms with Crippen molar-refractivity contribution in [3.63, 3.8) is 0 Å². The van der Waals surface area contributed by atoms with Gasteiger partial charge in [-0.15, -0.1) is 24.0 Å². The van der Waals surface area contributed by atoms with Crippen LogP contribution in [0, 0.1) is 0 Å². The Morgan fingerprint density at radius 3 is 2.42 bits per heavy atom. The third-order valence-electron chi connectivity index (χ3n) is 5.14. The molecular weight excluding hydrogens is 413 g/mol. The lowest BCUT2D eigenvalue weighted by Crippen LogP contribution is -2.49. The number of guanidine groups is 1. The zero-order valence-electron chi connectivity index (χ0n) is 16.1. The van der Waals surface area contributed by atoms with Gasteiger partial charge in [0.2, 0.25) is 0 Å². The van der Waals surface area contributed by atoms with Crippen LogP contribution in [0.1, 0.15) is 52.9 Å². The molecule has 6 heteroatoms. The van der Waals surface area contributed by atoms with E-state index >= 15 is 0 Å². The Kier molecular flexibility index (Phi) is 10.5. The van der Waals surface area contributed by atoms with E-state index in [2.05, 4.69) is 48.3 Å². The molecule has 2 fully saturated rings. The van der Waals surface area contributed by atoms with Crippen molar-refractivity contribution >= 4 is 29.9 Å². The first-order chi connectivity index (χ1) is 11.1. The van der Waals surface area contributed by atoms with Gasteiger partial charge in [0.05, 0.1) is 6.54 Å². The molecule has 142 valence electrons. The van der Waals surface area contributed by atoms with Crippen molar-refractivity contribution in [3.05, 3.63) is 0 Å². The van der Waals surface area contributed by atoms with E-state index in [0.717, 1.165) is 25.1 Å². The number of aliphatic imine (C=N–C) groups is 1. The zero-order valence-corrected chi connectivity index (χ0v) is 18.4. The third kappa shape index (κ3) is 7.44. The van der Waals surface area contributed by atoms with Crippen molar-refractivity contribution < 1.29 is 0 Å². The molecule has 0 spiro atoms. The molecule has 24 heavy (non-hydrogen) atoms. The molecule has 5 nitrogen and oxygen atoms in total. The topological polar surface area (TPSA) is 42.9 Å². The van der Waals surface area contributed by atoms with Gasteiger partial charge in [-0.2, -0.15) is 0 Å². The van der Waals surface area contributed by atoms with Crippen LogP contribution in [0.15, 0.2) is 4.99 Å². The van der Waals surface area contributed by atoms with E-state index < -0.39 is 0 Å². The maximum absolute atomic E-state index is 4.83. The average Bonchev–Trinajstić information content (AvgIpc) is 3.39. The molecule has 2 rings (SSSR count). The summed E-state index contributed by atoms with van der Waals surface area (Å²) in [7, 11) is 2.24. The Balaban J connectivity index is 0.00000288. The summed E-state index contributed by atoms with van der Waals surface area (Å²) in [6.45, 7) is 12.2. The van der Waals surface area contributed by atoms with E-state index in [-0.39, 0.29) is 24.0 Å². The number of likely N-dealkylation sites (tertiary alicyclic amines) is 1. The highest BCUT2D eigenvalue weighted by Gasteiger charge is 2.29. The van der Waals surface area contributed by atoms with Crippen molar-refractivity contribution in [2.24, 2.45) is 4.99 Å². The summed E-state index contributed by atoms with van der Waals surface area (Å²) >= 11 is 0. The minimum absolute atomic E-state index is 0. The summed E-state index contributed by atoms with van der Waals surface area (Å²) in [5, 5.41) is 7.06. The van der Waals surface area contributed by atoms with E-state index in [9.17, 15) is 0 Å². The fourth-order valence-electron chi connectivity index (χ4n) is 3.32. The first-order valence-electron chi connectivity index (χ1n) is 9.63. The van der Waals surface area contributed by atoms with Gasteiger partial charge in [0, 0.05) is 37.8 Å². The van der Waals surface area contributed by atoms with Gasteiger partial charge in [-0.3, -0.25) is 9.89 Å². The predicted molar refractivity (Wildman–Crippen MR) is 115 cm³/mol. The maximum atomic E-state index is 4.83. The minimum Gasteiger partial charge on any atom is -0.357 e. The largest absolute Gasteiger partial charge is 0.357 e. The van der Waals surface area contributed by atoms with Crippen LogP contribution in [-0.2, 0) is 0 Å². The highest BCUT2D eigenvalue weighted by atomic mass is 127. The normalized spacial score (nSPS) is 21.5. The first kappa shape index (κ1) is 22.0. The van der Waals surface area contributed by atoms with Crippen LogP contribution >= 0.6 is 24.0 Å². The van der Waals surface area contributed by atoms with Gasteiger partial charge >= 0.3 is 0 Å². The number of nitrogens with one attached hydrogen (secondary N) is 2. The van der Waals surface area contributed by atoms with Crippen molar-refractivity contribution in [3.8, 4) is 0 Å². The van der Waals surface area contributed by atoms with Crippen LogP contribution in [0.25, 0.3) is 0 Å². The lowest BCUT2D eigenvalue weighted by Gasteiger charge is -2.33. The Morgan fingerprint density at radius 2 is 1.88 bits per heavy atom. The quantitative estimate of drug-likeness (QED) is 0.338. The van der Waals surface area contributed by atoms with E-state index in [0.29, 0.717) is 12.1 Å². The van der Waals surface area contributed by atoms with E-state index in [1.54, 1.807) is 0 Å². The van der Waals surface area contributed by atoms with Crippen molar-refractivity contribution in [1.82, 2.24) is 20.4 Å². The maximum Gasteiger partial charge on any atom is 0.191 e. The van der Waals surface area contributed by atoms with E-state index in [1.165, 1.54) is 51.7 Å². The van der Waals surface area contributed by atoms with Gasteiger partial charge in [0.15, 0.2) is 5.96 Å². The minimum atomic E-state index is 0. The molecule has 1 atom stereocenters. The molecule has 1 aliphatic heterocycles. The Hall–Kier alpha value is -0.0800. The highest BCUT2D eigenvalue weighted by Crippen LogP contribution is 2.26. The van der Waals surface area contributed by atoms with Crippen molar-refractivity contribution in [2.75, 3.05) is 39.8 Å². The lowest BCUT2D eigenvalue weighted by molar-refractivity contribution is 0.206. The summed E-state index contributed by atoms with van der Waals surface area (Å²) in [4.78, 5) is 9.89. The Morgan fingerprint density at radius 1 is 1.21 bits per heavy atom. The van der Waals surface area contributed by atoms with E-state index in [4.69, 9.17) is 4.99 Å². The van der Waals surface area contributed by atoms with Crippen LogP contribution in [0.5, 0.6) is 0 Å². The lowest BCUT2D eigenvalue weighted by atomic mass is 10.1. The van der Waals surface area contributed by atoms with Crippen molar-refractivity contribution in [2.45, 2.75) is 71.0 Å². The summed E-state index contributed by atoms with van der Waals surface area (Å²) in [5.74, 6) is 0.998. The first-order valence-corrected chi connectivity index (χ1v) is 9.63. The summed E-state index contributed by atoms with van der Waals surface area (Å²) in [6, 6.07) is 1.89. The Bertz CT molecular complexity index is 364. The monoisotopic (exact) mass is 451 g/mol. The second kappa shape index (κ2) is 11.5. The molecule has 2 aliphatic rings. The standard InChI is InChI=1S/C18H37N5.HI/c1-5-11-23-12-9-16(10-13-23)21-18(19-6-2)20-14-15(3)22(4)17-7-8-17;/h15-17H,5-14H2,1-4H3,(H2,19,20,21);1H. The number of piperidine rings is 1. The smallest absolute Gasteiger partial charge is 0.191 e. The van der Waals surface area contributed by atoms with Crippen molar-refractivity contribution in [1.29, 1.82) is 0 Å². The molecule has 1 saturated carbocycles. The van der Waals surface area contributed by atoms with Crippen LogP contribution in [0.2, 0.25) is 0 Å². The third-order valence-corrected chi connectivity index (χ3v) is 5.14. The molecule has 0 radical (unpaired) electrons. The SMILES string of the molecule is CCCN1CCC(NC(=NCC(C)N(C)C2CC2)NCC)CC1.I. The van der Waals surface area contributed by atoms with Gasteiger partial charge in [0.1, 0.15) is 0 Å². The molecular formula is C18H38IN5. The Labute approximate surface area is 166 Å². The zero-order chi connectivity index (χ0) is 16.7. The highest BCUT2D eigenvalue weighted by molar-refractivity contribution is 14.0. The van der Waals surface area contributed by atoms with E-state index in [1.807, 2.05) is 0 Å². The predicted octanol–water partition coefficient (Wildman–Crippen LogP) is 2.52. The molecule has 1 unspecified atom stereocenters. The van der Waals surface area contributed by atoms with Gasteiger partial charge in [-0.25, -0.2) is 0 Å². The number of rotatable bonds is 8. The summed E-state index contributed by atoms with van der Waals surface area (Å²) < 4.78 is 0. The molecule has 0 aromatic carbocycles. The molecule has 0 aromatic rings. The number of hydrogen-bond donors (Lipinski definition) is 2. The molecule has 1 saturated heterocycles. The molecule has 0 bridgehead atoms. The molecule has 0 aromatic heterocycles. The van der Waals surface area contributed by atoms with Gasteiger partial charge in [-0.05, 0) is 59.5 Å². The van der Waals surface area contributed by atoms with Crippen LogP contribution < -0.4 is 10.6 Å². The van der Waals surface area contributed by atoms with Crippen LogP contribution in [0.4, 0.5) is 0 Å². The number of hydrogen-bond acceptors (Lipinski definition) is 3. The van der Waals surface area contributed by atoms with Gasteiger partial charge < -0.3 is 15.5 Å². The molecule has 1 heterocycles. The fourth-order valence-corrected chi connectivity index (χ4v) is 3.32. The van der Waals surface area contributed by atoms with Crippen LogP contribution in [0.3, 0.4) is 0 Å². The summed E-state index contributed by atoms with van der Waals surface area (Å²) in [5.41, 5.74) is 0. The number of halogens is 1. The molecule has 0 amide bonds. The average molecular weight is 451 g/mol. The van der Waals surface area contributed by atoms with Gasteiger partial charge in [-0.1, -0.05) is 6.92 Å². The molecule has 2 N–H and O–H groups in total. The summed E-state index contributed by atoms with van der Waals surface area (Å²) in [6.07, 6.45) is 6.43.